The summed E-state index contributed by atoms with van der Waals surface area (Å²) in [5, 5.41) is 3.61. The first-order chi connectivity index (χ1) is 12.5. The Kier molecular flexibility index (Phi) is 5.38. The number of carbonyl (C=O) groups is 1. The molecule has 0 saturated heterocycles. The van der Waals surface area contributed by atoms with E-state index >= 15 is 0 Å². The van der Waals surface area contributed by atoms with E-state index < -0.39 is 0 Å². The first-order valence-corrected chi connectivity index (χ1v) is 8.91. The average molecular weight is 370 g/mol. The summed E-state index contributed by atoms with van der Waals surface area (Å²) in [5.41, 5.74) is 3.36. The van der Waals surface area contributed by atoms with Crippen LogP contribution in [-0.2, 0) is 13.0 Å². The Morgan fingerprint density at radius 2 is 1.92 bits per heavy atom. The molecule has 0 saturated carbocycles. The standard InChI is InChI=1S/C20H20ClN3O2/c1-3-24-18-9-6-15(12-17(18)23-13(2)20(24)26)19(25)22-11-10-14-4-7-16(21)8-5-14/h4-9,12H,3,10-11H2,1-2H3,(H,22,25). The minimum atomic E-state index is -0.158. The lowest BCUT2D eigenvalue weighted by Gasteiger charge is -2.10. The molecule has 0 bridgehead atoms. The normalized spacial score (nSPS) is 10.9. The highest BCUT2D eigenvalue weighted by Crippen LogP contribution is 2.14. The molecule has 0 atom stereocenters. The molecular formula is C20H20ClN3O2. The van der Waals surface area contributed by atoms with E-state index in [1.165, 1.54) is 0 Å². The number of carbonyl (C=O) groups excluding carboxylic acids is 1. The maximum Gasteiger partial charge on any atom is 0.272 e. The van der Waals surface area contributed by atoms with Crippen molar-refractivity contribution in [2.45, 2.75) is 26.8 Å². The van der Waals surface area contributed by atoms with Gasteiger partial charge in [0.05, 0.1) is 11.0 Å². The summed E-state index contributed by atoms with van der Waals surface area (Å²) in [4.78, 5) is 28.9. The summed E-state index contributed by atoms with van der Waals surface area (Å²) in [6, 6.07) is 12.8. The van der Waals surface area contributed by atoms with Crippen LogP contribution < -0.4 is 10.9 Å². The van der Waals surface area contributed by atoms with Crippen molar-refractivity contribution >= 4 is 28.5 Å². The zero-order valence-corrected chi connectivity index (χ0v) is 15.5. The zero-order valence-electron chi connectivity index (χ0n) is 14.8. The number of nitrogens with zero attached hydrogens (tertiary/aromatic N) is 2. The summed E-state index contributed by atoms with van der Waals surface area (Å²) in [5.74, 6) is -0.158. The van der Waals surface area contributed by atoms with Crippen LogP contribution in [0.5, 0.6) is 0 Å². The van der Waals surface area contributed by atoms with Gasteiger partial charge in [-0.3, -0.25) is 9.59 Å². The molecule has 1 amide bonds. The number of amides is 1. The minimum Gasteiger partial charge on any atom is -0.352 e. The third kappa shape index (κ3) is 3.78. The van der Waals surface area contributed by atoms with Crippen LogP contribution in [0.1, 0.15) is 28.5 Å². The molecule has 1 N–H and O–H groups in total. The van der Waals surface area contributed by atoms with E-state index in [0.717, 1.165) is 17.5 Å². The highest BCUT2D eigenvalue weighted by Gasteiger charge is 2.11. The highest BCUT2D eigenvalue weighted by molar-refractivity contribution is 6.30. The van der Waals surface area contributed by atoms with Crippen molar-refractivity contribution in [3.8, 4) is 0 Å². The van der Waals surface area contributed by atoms with Crippen LogP contribution in [-0.4, -0.2) is 22.0 Å². The molecule has 0 aliphatic rings. The molecule has 1 heterocycles. The summed E-state index contributed by atoms with van der Waals surface area (Å²) in [7, 11) is 0. The number of halogens is 1. The second kappa shape index (κ2) is 7.70. The Labute approximate surface area is 156 Å². The summed E-state index contributed by atoms with van der Waals surface area (Å²) >= 11 is 5.87. The van der Waals surface area contributed by atoms with Gasteiger partial charge in [0.15, 0.2) is 0 Å². The van der Waals surface area contributed by atoms with E-state index in [4.69, 9.17) is 11.6 Å². The number of nitrogens with one attached hydrogen (secondary N) is 1. The lowest BCUT2D eigenvalue weighted by atomic mass is 10.1. The van der Waals surface area contributed by atoms with Gasteiger partial charge >= 0.3 is 0 Å². The number of aromatic nitrogens is 2. The largest absolute Gasteiger partial charge is 0.352 e. The van der Waals surface area contributed by atoms with Crippen LogP contribution in [0.4, 0.5) is 0 Å². The van der Waals surface area contributed by atoms with Gasteiger partial charge in [0.2, 0.25) is 0 Å². The fourth-order valence-corrected chi connectivity index (χ4v) is 3.03. The maximum absolute atomic E-state index is 12.4. The molecule has 6 heteroatoms. The van der Waals surface area contributed by atoms with Crippen LogP contribution in [0.25, 0.3) is 11.0 Å². The van der Waals surface area contributed by atoms with Gasteiger partial charge in [0.1, 0.15) is 5.69 Å². The topological polar surface area (TPSA) is 64.0 Å². The lowest BCUT2D eigenvalue weighted by molar-refractivity contribution is 0.0954. The molecule has 2 aromatic carbocycles. The molecule has 3 rings (SSSR count). The molecule has 26 heavy (non-hydrogen) atoms. The number of benzene rings is 2. The Hall–Kier alpha value is -2.66. The molecule has 5 nitrogen and oxygen atoms in total. The Morgan fingerprint density at radius 3 is 2.62 bits per heavy atom. The smallest absolute Gasteiger partial charge is 0.272 e. The summed E-state index contributed by atoms with van der Waals surface area (Å²) in [6.45, 7) is 4.69. The molecule has 0 unspecified atom stereocenters. The Morgan fingerprint density at radius 1 is 1.19 bits per heavy atom. The second-order valence-electron chi connectivity index (χ2n) is 6.08. The number of aryl methyl sites for hydroxylation is 2. The van der Waals surface area contributed by atoms with Crippen molar-refractivity contribution in [2.75, 3.05) is 6.54 Å². The van der Waals surface area contributed by atoms with Crippen LogP contribution in [0, 0.1) is 6.92 Å². The molecule has 134 valence electrons. The quantitative estimate of drug-likeness (QED) is 0.750. The number of rotatable bonds is 5. The fourth-order valence-electron chi connectivity index (χ4n) is 2.90. The van der Waals surface area contributed by atoms with E-state index in [9.17, 15) is 9.59 Å². The van der Waals surface area contributed by atoms with E-state index in [2.05, 4.69) is 10.3 Å². The van der Waals surface area contributed by atoms with Gasteiger partial charge in [-0.2, -0.15) is 0 Å². The third-order valence-corrected chi connectivity index (χ3v) is 4.55. The van der Waals surface area contributed by atoms with E-state index in [1.54, 1.807) is 29.7 Å². The van der Waals surface area contributed by atoms with E-state index in [0.29, 0.717) is 34.9 Å². The van der Waals surface area contributed by atoms with Crippen molar-refractivity contribution in [3.05, 3.63) is 74.7 Å². The average Bonchev–Trinajstić information content (AvgIpc) is 2.64. The van der Waals surface area contributed by atoms with Crippen molar-refractivity contribution in [3.63, 3.8) is 0 Å². The SMILES string of the molecule is CCn1c(=O)c(C)nc2cc(C(=O)NCCc3ccc(Cl)cc3)ccc21. The van der Waals surface area contributed by atoms with Gasteiger partial charge in [-0.1, -0.05) is 23.7 Å². The number of hydrogen-bond donors (Lipinski definition) is 1. The van der Waals surface area contributed by atoms with Crippen LogP contribution in [0.2, 0.25) is 5.02 Å². The molecule has 1 aromatic heterocycles. The van der Waals surface area contributed by atoms with Crippen LogP contribution in [0.3, 0.4) is 0 Å². The lowest BCUT2D eigenvalue weighted by Crippen LogP contribution is -2.26. The first-order valence-electron chi connectivity index (χ1n) is 8.53. The van der Waals surface area contributed by atoms with Gasteiger partial charge in [-0.05, 0) is 56.2 Å². The fraction of sp³-hybridized carbons (Fsp3) is 0.250. The molecule has 0 radical (unpaired) electrons. The molecule has 0 spiro atoms. The number of fused-ring (bicyclic) bond motifs is 1. The molecule has 0 aliphatic heterocycles. The third-order valence-electron chi connectivity index (χ3n) is 4.30. The van der Waals surface area contributed by atoms with E-state index in [1.807, 2.05) is 31.2 Å². The van der Waals surface area contributed by atoms with Crippen LogP contribution >= 0.6 is 11.6 Å². The molecule has 3 aromatic rings. The van der Waals surface area contributed by atoms with Gasteiger partial charge < -0.3 is 9.88 Å². The Bertz CT molecular complexity index is 1010. The predicted molar refractivity (Wildman–Crippen MR) is 104 cm³/mol. The van der Waals surface area contributed by atoms with Gasteiger partial charge in [-0.15, -0.1) is 0 Å². The first kappa shape index (κ1) is 18.1. The van der Waals surface area contributed by atoms with Gasteiger partial charge in [-0.25, -0.2) is 4.98 Å². The Balaban J connectivity index is 1.75. The monoisotopic (exact) mass is 369 g/mol. The summed E-state index contributed by atoms with van der Waals surface area (Å²) in [6.07, 6.45) is 0.725. The van der Waals surface area contributed by atoms with E-state index in [-0.39, 0.29) is 11.5 Å². The highest BCUT2D eigenvalue weighted by atomic mass is 35.5. The van der Waals surface area contributed by atoms with Crippen molar-refractivity contribution < 1.29 is 4.79 Å². The summed E-state index contributed by atoms with van der Waals surface area (Å²) < 4.78 is 1.67. The van der Waals surface area contributed by atoms with Crippen molar-refractivity contribution in [1.29, 1.82) is 0 Å². The second-order valence-corrected chi connectivity index (χ2v) is 6.52. The van der Waals surface area contributed by atoms with Crippen LogP contribution in [0.15, 0.2) is 47.3 Å². The predicted octanol–water partition coefficient (Wildman–Crippen LogP) is 3.35. The van der Waals surface area contributed by atoms with Gasteiger partial charge in [0.25, 0.3) is 11.5 Å². The molecule has 0 aliphatic carbocycles. The minimum absolute atomic E-state index is 0.0971. The molecule has 0 fully saturated rings. The molecular weight excluding hydrogens is 350 g/mol. The van der Waals surface area contributed by atoms with Crippen molar-refractivity contribution in [2.24, 2.45) is 0 Å². The number of hydrogen-bond acceptors (Lipinski definition) is 3. The van der Waals surface area contributed by atoms with Gasteiger partial charge in [0, 0.05) is 23.7 Å². The zero-order chi connectivity index (χ0) is 18.7. The van der Waals surface area contributed by atoms with Crippen molar-refractivity contribution in [1.82, 2.24) is 14.9 Å². The maximum atomic E-state index is 12.4.